The average Bonchev–Trinajstić information content (AvgIpc) is 2.46. The lowest BCUT2D eigenvalue weighted by atomic mass is 10.2. The molecule has 0 fully saturated rings. The van der Waals surface area contributed by atoms with Crippen LogP contribution in [0.2, 0.25) is 0 Å². The van der Waals surface area contributed by atoms with Gasteiger partial charge in [-0.2, -0.15) is 4.98 Å². The van der Waals surface area contributed by atoms with Gasteiger partial charge in [-0.15, -0.1) is 0 Å². The van der Waals surface area contributed by atoms with Crippen molar-refractivity contribution in [1.82, 2.24) is 4.98 Å². The molecule has 1 aromatic heterocycles. The van der Waals surface area contributed by atoms with Crippen molar-refractivity contribution in [3.05, 3.63) is 47.8 Å². The fourth-order valence-corrected chi connectivity index (χ4v) is 2.02. The Kier molecular flexibility index (Phi) is 4.72. The second kappa shape index (κ2) is 6.51. The molecule has 7 heteroatoms. The van der Waals surface area contributed by atoms with Crippen LogP contribution in [0.15, 0.2) is 36.4 Å². The van der Waals surface area contributed by atoms with Gasteiger partial charge in [0.1, 0.15) is 12.4 Å². The zero-order valence-corrected chi connectivity index (χ0v) is 11.8. The first kappa shape index (κ1) is 15.2. The number of anilines is 2. The third kappa shape index (κ3) is 3.68. The molecule has 1 amide bonds. The first-order chi connectivity index (χ1) is 9.70. The second-order valence-electron chi connectivity index (χ2n) is 4.57. The molecule has 0 bridgehead atoms. The monoisotopic (exact) mass is 308 g/mol. The highest BCUT2D eigenvalue weighted by molar-refractivity contribution is 5.99. The molecule has 0 saturated carbocycles. The summed E-state index contributed by atoms with van der Waals surface area (Å²) in [6, 6.07) is 10.1. The van der Waals surface area contributed by atoms with E-state index in [0.29, 0.717) is 18.1 Å². The quantitative estimate of drug-likeness (QED) is 0.613. The molecule has 110 valence electrons. The van der Waals surface area contributed by atoms with Gasteiger partial charge in [-0.25, -0.2) is 4.39 Å². The summed E-state index contributed by atoms with van der Waals surface area (Å²) in [6.45, 7) is 0.917. The number of nitrogens with zero attached hydrogens (tertiary/aromatic N) is 1. The van der Waals surface area contributed by atoms with Crippen molar-refractivity contribution in [2.75, 3.05) is 17.2 Å². The number of nitrogens with two attached hydrogens (primary N) is 1. The zero-order chi connectivity index (χ0) is 13.9. The van der Waals surface area contributed by atoms with Crippen molar-refractivity contribution in [1.29, 1.82) is 0 Å². The average molecular weight is 309 g/mol. The van der Waals surface area contributed by atoms with Gasteiger partial charge >= 0.3 is 0 Å². The highest BCUT2D eigenvalue weighted by Crippen LogP contribution is 2.22. The van der Waals surface area contributed by atoms with E-state index in [9.17, 15) is 9.18 Å². The van der Waals surface area contributed by atoms with Crippen molar-refractivity contribution in [2.24, 2.45) is 0 Å². The summed E-state index contributed by atoms with van der Waals surface area (Å²) in [7, 11) is 0. The zero-order valence-electron chi connectivity index (χ0n) is 11.1. The molecular formula is C14H14ClFN4O. The Balaban J connectivity index is 0.00000161. The molecule has 0 radical (unpaired) electrons. The standard InChI is InChI=1S/C14H13FN4O.ClH/c15-10-3-1-9(2-4-10)7-16-12-6-5-11-14(19-12)17-8-13(20)18-11;/h1-6H,7-8H2,(H,18,20)(H2,16,17,19);1H. The molecule has 0 atom stereocenters. The van der Waals surface area contributed by atoms with E-state index in [1.807, 2.05) is 17.4 Å². The van der Waals surface area contributed by atoms with E-state index in [-0.39, 0.29) is 30.7 Å². The first-order valence-electron chi connectivity index (χ1n) is 6.33. The summed E-state index contributed by atoms with van der Waals surface area (Å²) in [5, 5.41) is 7.68. The van der Waals surface area contributed by atoms with Crippen molar-refractivity contribution >= 4 is 23.2 Å². The van der Waals surface area contributed by atoms with Gasteiger partial charge in [-0.05, 0) is 18.2 Å². The number of quaternary nitrogens is 1. The van der Waals surface area contributed by atoms with E-state index in [4.69, 9.17) is 0 Å². The van der Waals surface area contributed by atoms with Crippen LogP contribution in [0, 0.1) is 5.82 Å². The number of carbonyl (C=O) groups is 1. The van der Waals surface area contributed by atoms with Gasteiger partial charge < -0.3 is 23.0 Å². The van der Waals surface area contributed by atoms with Gasteiger partial charge in [-0.3, -0.25) is 10.1 Å². The third-order valence-electron chi connectivity index (χ3n) is 3.07. The fourth-order valence-electron chi connectivity index (χ4n) is 2.02. The van der Waals surface area contributed by atoms with E-state index < -0.39 is 0 Å². The Morgan fingerprint density at radius 3 is 2.71 bits per heavy atom. The number of nitrogens with one attached hydrogen (secondary N) is 2. The molecular weight excluding hydrogens is 295 g/mol. The van der Waals surface area contributed by atoms with Crippen LogP contribution in [-0.2, 0) is 11.3 Å². The van der Waals surface area contributed by atoms with Gasteiger partial charge in [0.15, 0.2) is 5.82 Å². The van der Waals surface area contributed by atoms with E-state index >= 15 is 0 Å². The number of halogens is 2. The molecule has 1 aromatic carbocycles. The molecule has 1 aliphatic heterocycles. The van der Waals surface area contributed by atoms with Gasteiger partial charge in [0.25, 0.3) is 0 Å². The van der Waals surface area contributed by atoms with Crippen LogP contribution in [-0.4, -0.2) is 17.4 Å². The number of hydrogen-bond acceptors (Lipinski definition) is 3. The van der Waals surface area contributed by atoms with Crippen LogP contribution >= 0.6 is 0 Å². The number of aromatic nitrogens is 1. The molecule has 2 heterocycles. The molecule has 0 spiro atoms. The van der Waals surface area contributed by atoms with E-state index in [1.165, 1.54) is 12.1 Å². The highest BCUT2D eigenvalue weighted by Gasteiger charge is 2.16. The van der Waals surface area contributed by atoms with E-state index in [0.717, 1.165) is 11.4 Å². The summed E-state index contributed by atoms with van der Waals surface area (Å²) >= 11 is 0. The van der Waals surface area contributed by atoms with Crippen molar-refractivity contribution < 1.29 is 26.9 Å². The van der Waals surface area contributed by atoms with Gasteiger partial charge in [0.05, 0.1) is 12.2 Å². The van der Waals surface area contributed by atoms with Crippen molar-refractivity contribution in [2.45, 2.75) is 6.54 Å². The van der Waals surface area contributed by atoms with E-state index in [2.05, 4.69) is 15.6 Å². The molecule has 0 saturated heterocycles. The summed E-state index contributed by atoms with van der Waals surface area (Å²) in [4.78, 5) is 15.6. The van der Waals surface area contributed by atoms with Crippen LogP contribution in [0.1, 0.15) is 5.56 Å². The lowest BCUT2D eigenvalue weighted by Crippen LogP contribution is -3.00. The lowest BCUT2D eigenvalue weighted by Gasteiger charge is -2.17. The predicted molar refractivity (Wildman–Crippen MR) is 73.0 cm³/mol. The van der Waals surface area contributed by atoms with Gasteiger partial charge in [0, 0.05) is 11.6 Å². The normalized spacial score (nSPS) is 12.7. The molecule has 5 nitrogen and oxygen atoms in total. The van der Waals surface area contributed by atoms with Crippen LogP contribution in [0.5, 0.6) is 0 Å². The van der Waals surface area contributed by atoms with E-state index in [1.54, 1.807) is 12.1 Å². The topological polar surface area (TPSA) is 70.6 Å². The summed E-state index contributed by atoms with van der Waals surface area (Å²) < 4.78 is 12.8. The van der Waals surface area contributed by atoms with Crippen LogP contribution < -0.4 is 28.4 Å². The molecule has 0 aliphatic carbocycles. The number of fused-ring (bicyclic) bond motifs is 1. The lowest BCUT2D eigenvalue weighted by molar-refractivity contribution is -0.592. The Bertz CT molecular complexity index is 648. The first-order valence-corrected chi connectivity index (χ1v) is 6.33. The Morgan fingerprint density at radius 2 is 1.95 bits per heavy atom. The number of benzene rings is 1. The molecule has 1 aliphatic rings. The summed E-state index contributed by atoms with van der Waals surface area (Å²) in [6.07, 6.45) is 0. The second-order valence-corrected chi connectivity index (χ2v) is 4.57. The number of rotatable bonds is 3. The Morgan fingerprint density at radius 1 is 1.19 bits per heavy atom. The number of carbonyl (C=O) groups excluding carboxylic acids is 1. The van der Waals surface area contributed by atoms with Crippen LogP contribution in [0.4, 0.5) is 21.7 Å². The SMILES string of the molecule is O=C1CNc2nc([NH2+]Cc3ccc(F)cc3)ccc2N1.[Cl-]. The van der Waals surface area contributed by atoms with Crippen molar-refractivity contribution in [3.63, 3.8) is 0 Å². The summed E-state index contributed by atoms with van der Waals surface area (Å²) in [5.41, 5.74) is 1.72. The smallest absolute Gasteiger partial charge is 0.243 e. The van der Waals surface area contributed by atoms with Gasteiger partial charge in [0.2, 0.25) is 11.7 Å². The molecule has 3 rings (SSSR count). The molecule has 4 N–H and O–H groups in total. The minimum atomic E-state index is -0.236. The molecule has 0 unspecified atom stereocenters. The van der Waals surface area contributed by atoms with Crippen molar-refractivity contribution in [3.8, 4) is 0 Å². The predicted octanol–water partition coefficient (Wildman–Crippen LogP) is -2.02. The number of hydrogen-bond donors (Lipinski definition) is 3. The number of pyridine rings is 1. The maximum atomic E-state index is 12.8. The Hall–Kier alpha value is -2.18. The Labute approximate surface area is 127 Å². The number of amides is 1. The highest BCUT2D eigenvalue weighted by atomic mass is 35.5. The molecule has 21 heavy (non-hydrogen) atoms. The largest absolute Gasteiger partial charge is 1.00 e. The van der Waals surface area contributed by atoms with Crippen LogP contribution in [0.3, 0.4) is 0 Å². The fraction of sp³-hybridized carbons (Fsp3) is 0.143. The third-order valence-corrected chi connectivity index (χ3v) is 3.07. The maximum Gasteiger partial charge on any atom is 0.243 e. The van der Waals surface area contributed by atoms with Crippen LogP contribution in [0.25, 0.3) is 0 Å². The summed E-state index contributed by atoms with van der Waals surface area (Å²) in [5.74, 6) is 1.19. The minimum Gasteiger partial charge on any atom is -1.00 e. The maximum absolute atomic E-state index is 12.8. The van der Waals surface area contributed by atoms with Gasteiger partial charge in [-0.1, -0.05) is 12.1 Å². The minimum absolute atomic E-state index is 0. The molecule has 2 aromatic rings.